The van der Waals surface area contributed by atoms with Gasteiger partial charge in [-0.25, -0.2) is 4.68 Å². The van der Waals surface area contributed by atoms with Gasteiger partial charge >= 0.3 is 5.97 Å². The van der Waals surface area contributed by atoms with Gasteiger partial charge in [0.1, 0.15) is 0 Å². The van der Waals surface area contributed by atoms with Crippen LogP contribution in [0.25, 0.3) is 11.4 Å². The third kappa shape index (κ3) is 2.97. The molecule has 7 heteroatoms. The summed E-state index contributed by atoms with van der Waals surface area (Å²) in [7, 11) is 0. The van der Waals surface area contributed by atoms with Crippen molar-refractivity contribution < 1.29 is 9.90 Å². The highest BCUT2D eigenvalue weighted by Crippen LogP contribution is 2.42. The number of hydrogen-bond acceptors (Lipinski definition) is 4. The van der Waals surface area contributed by atoms with Crippen molar-refractivity contribution in [3.63, 3.8) is 0 Å². The summed E-state index contributed by atoms with van der Waals surface area (Å²) in [4.78, 5) is 11.1. The second-order valence-corrected chi connectivity index (χ2v) is 6.32. The molecule has 1 heterocycles. The number of tetrazole rings is 1. The number of benzene rings is 1. The van der Waals surface area contributed by atoms with Gasteiger partial charge in [-0.3, -0.25) is 4.79 Å². The lowest BCUT2D eigenvalue weighted by molar-refractivity contribution is -0.138. The fraction of sp³-hybridized carbons (Fsp3) is 0.429. The number of hydrogen-bond donors (Lipinski definition) is 1. The van der Waals surface area contributed by atoms with Crippen LogP contribution in [0, 0.1) is 12.8 Å². The summed E-state index contributed by atoms with van der Waals surface area (Å²) < 4.78 is 2.62. The van der Waals surface area contributed by atoms with Gasteiger partial charge in [0, 0.05) is 10.0 Å². The molecule has 1 fully saturated rings. The molecule has 1 saturated carbocycles. The lowest BCUT2D eigenvalue weighted by Crippen LogP contribution is -2.18. The molecule has 0 spiro atoms. The van der Waals surface area contributed by atoms with Gasteiger partial charge in [0.05, 0.1) is 12.5 Å². The standard InChI is InChI=1S/C14H15BrN4O2/c1-8-2-5-10(15)6-11(8)14-16-17-18-19(14)12(7-13(20)21)9-3-4-9/h2,5-6,9,12H,3-4,7H2,1H3,(H,20,21). The topological polar surface area (TPSA) is 80.9 Å². The van der Waals surface area contributed by atoms with E-state index in [0.717, 1.165) is 28.4 Å². The SMILES string of the molecule is Cc1ccc(Br)cc1-c1nnnn1C(CC(=O)O)C1CC1. The molecule has 1 aromatic heterocycles. The first-order chi connectivity index (χ1) is 10.1. The second kappa shape index (κ2) is 5.55. The van der Waals surface area contributed by atoms with Crippen LogP contribution in [0.4, 0.5) is 0 Å². The van der Waals surface area contributed by atoms with Gasteiger partial charge in [0.25, 0.3) is 0 Å². The molecule has 1 aliphatic rings. The monoisotopic (exact) mass is 350 g/mol. The van der Waals surface area contributed by atoms with Gasteiger partial charge in [-0.15, -0.1) is 5.10 Å². The van der Waals surface area contributed by atoms with E-state index in [9.17, 15) is 4.79 Å². The summed E-state index contributed by atoms with van der Waals surface area (Å²) in [5, 5.41) is 21.1. The van der Waals surface area contributed by atoms with Crippen LogP contribution in [0.3, 0.4) is 0 Å². The number of aromatic nitrogens is 4. The van der Waals surface area contributed by atoms with Gasteiger partial charge in [-0.1, -0.05) is 22.0 Å². The van der Waals surface area contributed by atoms with Crippen LogP contribution < -0.4 is 0 Å². The van der Waals surface area contributed by atoms with Gasteiger partial charge in [0.2, 0.25) is 0 Å². The van der Waals surface area contributed by atoms with Crippen molar-refractivity contribution in [2.24, 2.45) is 5.92 Å². The third-order valence-electron chi connectivity index (χ3n) is 3.80. The zero-order valence-corrected chi connectivity index (χ0v) is 13.1. The molecule has 0 bridgehead atoms. The number of carboxylic acids is 1. The Kier molecular flexibility index (Phi) is 3.75. The highest BCUT2D eigenvalue weighted by Gasteiger charge is 2.36. The number of aliphatic carboxylic acids is 1. The van der Waals surface area contributed by atoms with E-state index in [1.165, 1.54) is 0 Å². The quantitative estimate of drug-likeness (QED) is 0.896. The molecule has 0 radical (unpaired) electrons. The van der Waals surface area contributed by atoms with Gasteiger partial charge in [-0.05, 0) is 53.8 Å². The average Bonchev–Trinajstić information content (AvgIpc) is 3.16. The van der Waals surface area contributed by atoms with Crippen molar-refractivity contribution >= 4 is 21.9 Å². The Balaban J connectivity index is 2.03. The molecule has 110 valence electrons. The first-order valence-corrected chi connectivity index (χ1v) is 7.61. The van der Waals surface area contributed by atoms with Crippen molar-refractivity contribution in [2.45, 2.75) is 32.2 Å². The zero-order chi connectivity index (χ0) is 15.0. The van der Waals surface area contributed by atoms with E-state index in [4.69, 9.17) is 5.11 Å². The van der Waals surface area contributed by atoms with Crippen molar-refractivity contribution in [1.29, 1.82) is 0 Å². The van der Waals surface area contributed by atoms with E-state index in [1.54, 1.807) is 4.68 Å². The fourth-order valence-corrected chi connectivity index (χ4v) is 2.90. The zero-order valence-electron chi connectivity index (χ0n) is 11.5. The van der Waals surface area contributed by atoms with Crippen LogP contribution in [0.15, 0.2) is 22.7 Å². The maximum atomic E-state index is 11.1. The maximum absolute atomic E-state index is 11.1. The summed E-state index contributed by atoms with van der Waals surface area (Å²) in [5.74, 6) is 0.169. The fourth-order valence-electron chi connectivity index (χ4n) is 2.54. The number of nitrogens with zero attached hydrogens (tertiary/aromatic N) is 4. The molecular formula is C14H15BrN4O2. The lowest BCUT2D eigenvalue weighted by Gasteiger charge is -2.16. The molecule has 1 N–H and O–H groups in total. The molecule has 0 aliphatic heterocycles. The summed E-state index contributed by atoms with van der Waals surface area (Å²) in [6.45, 7) is 1.99. The minimum atomic E-state index is -0.820. The largest absolute Gasteiger partial charge is 0.481 e. The Bertz CT molecular complexity index is 681. The van der Waals surface area contributed by atoms with Crippen molar-refractivity contribution in [2.75, 3.05) is 0 Å². The Morgan fingerprint density at radius 1 is 1.52 bits per heavy atom. The Morgan fingerprint density at radius 2 is 2.29 bits per heavy atom. The maximum Gasteiger partial charge on any atom is 0.305 e. The number of halogens is 1. The Hall–Kier alpha value is -1.76. The van der Waals surface area contributed by atoms with E-state index in [1.807, 2.05) is 25.1 Å². The second-order valence-electron chi connectivity index (χ2n) is 5.41. The number of rotatable bonds is 5. The predicted molar refractivity (Wildman–Crippen MR) is 79.7 cm³/mol. The summed E-state index contributed by atoms with van der Waals surface area (Å²) >= 11 is 3.45. The van der Waals surface area contributed by atoms with Crippen molar-refractivity contribution in [1.82, 2.24) is 20.2 Å². The summed E-state index contributed by atoms with van der Waals surface area (Å²) in [6, 6.07) is 5.73. The first-order valence-electron chi connectivity index (χ1n) is 6.82. The lowest BCUT2D eigenvalue weighted by atomic mass is 10.1. The molecule has 2 aromatic rings. The number of carbonyl (C=O) groups is 1. The van der Waals surface area contributed by atoms with E-state index < -0.39 is 5.97 Å². The van der Waals surface area contributed by atoms with Crippen LogP contribution in [-0.2, 0) is 4.79 Å². The molecule has 0 saturated heterocycles. The molecule has 1 atom stereocenters. The van der Waals surface area contributed by atoms with E-state index >= 15 is 0 Å². The summed E-state index contributed by atoms with van der Waals surface area (Å²) in [5.41, 5.74) is 1.98. The van der Waals surface area contributed by atoms with Crippen LogP contribution in [-0.4, -0.2) is 31.3 Å². The highest BCUT2D eigenvalue weighted by atomic mass is 79.9. The molecule has 1 aromatic carbocycles. The van der Waals surface area contributed by atoms with Crippen LogP contribution in [0.2, 0.25) is 0 Å². The first kappa shape index (κ1) is 14.2. The molecule has 1 unspecified atom stereocenters. The number of aryl methyl sites for hydroxylation is 1. The minimum absolute atomic E-state index is 0.0513. The third-order valence-corrected chi connectivity index (χ3v) is 4.29. The van der Waals surface area contributed by atoms with Crippen LogP contribution in [0.5, 0.6) is 0 Å². The molecule has 3 rings (SSSR count). The molecule has 6 nitrogen and oxygen atoms in total. The van der Waals surface area contributed by atoms with Crippen molar-refractivity contribution in [3.05, 3.63) is 28.2 Å². The summed E-state index contributed by atoms with van der Waals surface area (Å²) in [6.07, 6.45) is 2.12. The van der Waals surface area contributed by atoms with E-state index in [2.05, 4.69) is 31.5 Å². The van der Waals surface area contributed by atoms with Gasteiger partial charge in [0.15, 0.2) is 5.82 Å². The smallest absolute Gasteiger partial charge is 0.305 e. The number of carboxylic acid groups (broad SMARTS) is 1. The van der Waals surface area contributed by atoms with E-state index in [-0.39, 0.29) is 12.5 Å². The highest BCUT2D eigenvalue weighted by molar-refractivity contribution is 9.10. The van der Waals surface area contributed by atoms with Gasteiger partial charge < -0.3 is 5.11 Å². The normalized spacial score (nSPS) is 15.9. The van der Waals surface area contributed by atoms with Gasteiger partial charge in [-0.2, -0.15) is 0 Å². The molecule has 21 heavy (non-hydrogen) atoms. The Labute approximate surface area is 130 Å². The van der Waals surface area contributed by atoms with E-state index in [0.29, 0.717) is 11.7 Å². The predicted octanol–water partition coefficient (Wildman–Crippen LogP) is 2.84. The minimum Gasteiger partial charge on any atom is -0.481 e. The molecule has 0 amide bonds. The average molecular weight is 351 g/mol. The Morgan fingerprint density at radius 3 is 2.95 bits per heavy atom. The van der Waals surface area contributed by atoms with Crippen LogP contribution in [0.1, 0.15) is 30.9 Å². The molecule has 1 aliphatic carbocycles. The van der Waals surface area contributed by atoms with Crippen LogP contribution >= 0.6 is 15.9 Å². The molecular weight excluding hydrogens is 336 g/mol. The van der Waals surface area contributed by atoms with Crippen molar-refractivity contribution in [3.8, 4) is 11.4 Å².